The van der Waals surface area contributed by atoms with Gasteiger partial charge in [0.2, 0.25) is 11.8 Å². The first-order valence-electron chi connectivity index (χ1n) is 12.1. The predicted molar refractivity (Wildman–Crippen MR) is 135 cm³/mol. The molecule has 1 aromatic carbocycles. The average Bonchev–Trinajstić information content (AvgIpc) is 2.69. The number of ether oxygens (including phenoxy) is 1. The summed E-state index contributed by atoms with van der Waals surface area (Å²) < 4.78 is 5.24. The Labute approximate surface area is 209 Å². The Morgan fingerprint density at radius 1 is 1.09 bits per heavy atom. The van der Waals surface area contributed by atoms with Gasteiger partial charge in [0, 0.05) is 17.1 Å². The lowest BCUT2D eigenvalue weighted by Crippen LogP contribution is -2.59. The van der Waals surface area contributed by atoms with E-state index in [-0.39, 0.29) is 17.4 Å². The Kier molecular flexibility index (Phi) is 10.6. The second kappa shape index (κ2) is 12.2. The van der Waals surface area contributed by atoms with Crippen molar-refractivity contribution in [1.82, 2.24) is 15.5 Å². The number of hydrogen-bond acceptors (Lipinski definition) is 6. The first-order valence-corrected chi connectivity index (χ1v) is 12.1. The molecule has 0 aliphatic rings. The van der Waals surface area contributed by atoms with Crippen molar-refractivity contribution < 1.29 is 29.3 Å². The number of rotatable bonds is 9. The fourth-order valence-corrected chi connectivity index (χ4v) is 3.78. The minimum absolute atomic E-state index is 0.0986. The maximum absolute atomic E-state index is 13.8. The van der Waals surface area contributed by atoms with Crippen molar-refractivity contribution in [2.45, 2.75) is 104 Å². The third-order valence-electron chi connectivity index (χ3n) is 5.31. The van der Waals surface area contributed by atoms with E-state index in [4.69, 9.17) is 4.74 Å². The smallest absolute Gasteiger partial charge is 0.408 e. The van der Waals surface area contributed by atoms with Gasteiger partial charge in [-0.1, -0.05) is 31.5 Å². The fraction of sp³-hybridized carbons (Fsp3) is 0.654. The van der Waals surface area contributed by atoms with Crippen LogP contribution in [0.1, 0.15) is 85.4 Å². The summed E-state index contributed by atoms with van der Waals surface area (Å²) in [7, 11) is 0. The molecule has 0 aromatic heterocycles. The van der Waals surface area contributed by atoms with Crippen LogP contribution in [0, 0.1) is 6.92 Å². The lowest BCUT2D eigenvalue weighted by atomic mass is 9.93. The zero-order valence-corrected chi connectivity index (χ0v) is 22.6. The maximum atomic E-state index is 13.8. The zero-order chi connectivity index (χ0) is 27.1. The number of aliphatic hydroxyl groups is 1. The van der Waals surface area contributed by atoms with Crippen LogP contribution in [0.3, 0.4) is 0 Å². The number of benzene rings is 1. The van der Waals surface area contributed by atoms with Crippen LogP contribution < -0.4 is 10.6 Å². The van der Waals surface area contributed by atoms with E-state index in [1.54, 1.807) is 66.7 Å². The quantitative estimate of drug-likeness (QED) is 0.416. The molecule has 198 valence electrons. The second-order valence-electron chi connectivity index (χ2n) is 10.9. The van der Waals surface area contributed by atoms with Crippen molar-refractivity contribution in [1.29, 1.82) is 0 Å². The highest BCUT2D eigenvalue weighted by Gasteiger charge is 2.43. The molecular formula is C26H43N3O6. The maximum Gasteiger partial charge on any atom is 0.408 e. The molecule has 0 bridgehead atoms. The van der Waals surface area contributed by atoms with E-state index in [1.165, 1.54) is 4.90 Å². The van der Waals surface area contributed by atoms with E-state index in [2.05, 4.69) is 10.6 Å². The molecule has 0 heterocycles. The summed E-state index contributed by atoms with van der Waals surface area (Å²) in [6.45, 7) is 15.2. The van der Waals surface area contributed by atoms with Crippen LogP contribution in [0.25, 0.3) is 0 Å². The van der Waals surface area contributed by atoms with Gasteiger partial charge in [0.1, 0.15) is 23.4 Å². The predicted octanol–water partition coefficient (Wildman–Crippen LogP) is 3.56. The fourth-order valence-electron chi connectivity index (χ4n) is 3.78. The molecule has 0 saturated heterocycles. The van der Waals surface area contributed by atoms with Crippen LogP contribution in [0.2, 0.25) is 0 Å². The summed E-state index contributed by atoms with van der Waals surface area (Å²) in [6, 6.07) is 2.27. The second-order valence-corrected chi connectivity index (χ2v) is 10.9. The number of aromatic hydroxyl groups is 1. The lowest BCUT2D eigenvalue weighted by Gasteiger charge is -2.43. The van der Waals surface area contributed by atoms with E-state index >= 15 is 0 Å². The largest absolute Gasteiger partial charge is 0.507 e. The van der Waals surface area contributed by atoms with Crippen LogP contribution >= 0.6 is 0 Å². The minimum Gasteiger partial charge on any atom is -0.507 e. The molecule has 3 amide bonds. The Morgan fingerprint density at radius 3 is 2.17 bits per heavy atom. The number of aryl methyl sites for hydroxylation is 1. The Morgan fingerprint density at radius 2 is 1.69 bits per heavy atom. The van der Waals surface area contributed by atoms with E-state index in [0.717, 1.165) is 12.8 Å². The van der Waals surface area contributed by atoms with Gasteiger partial charge in [-0.3, -0.25) is 9.59 Å². The number of amides is 3. The molecule has 0 spiro atoms. The Balaban J connectivity index is 3.56. The van der Waals surface area contributed by atoms with E-state index < -0.39 is 47.7 Å². The summed E-state index contributed by atoms with van der Waals surface area (Å²) in [5.41, 5.74) is -0.925. The zero-order valence-electron chi connectivity index (χ0n) is 22.6. The molecule has 0 radical (unpaired) electrons. The monoisotopic (exact) mass is 493 g/mol. The molecule has 0 fully saturated rings. The number of nitrogens with one attached hydrogen (secondary N) is 2. The number of carbonyl (C=O) groups excluding carboxylic acids is 3. The summed E-state index contributed by atoms with van der Waals surface area (Å²) >= 11 is 0. The molecule has 3 unspecified atom stereocenters. The SMILES string of the molecule is CCCC(C)NC(=O)C(c1cccc(C)c1O)N(C(=O)C(CO)NC(=O)OC(C)(C)C)C(C)(C)C. The van der Waals surface area contributed by atoms with Crippen LogP contribution in [0.15, 0.2) is 18.2 Å². The summed E-state index contributed by atoms with van der Waals surface area (Å²) in [4.78, 5) is 41.1. The van der Waals surface area contributed by atoms with Gasteiger partial charge in [-0.15, -0.1) is 0 Å². The third-order valence-corrected chi connectivity index (χ3v) is 5.31. The number of carbonyl (C=O) groups is 3. The molecule has 9 heteroatoms. The number of aliphatic hydroxyl groups excluding tert-OH is 1. The molecule has 35 heavy (non-hydrogen) atoms. The van der Waals surface area contributed by atoms with Crippen molar-refractivity contribution >= 4 is 17.9 Å². The van der Waals surface area contributed by atoms with Crippen LogP contribution in [0.4, 0.5) is 4.79 Å². The molecule has 9 nitrogen and oxygen atoms in total. The summed E-state index contributed by atoms with van der Waals surface area (Å²) in [5, 5.41) is 26.2. The van der Waals surface area contributed by atoms with Crippen molar-refractivity contribution in [3.63, 3.8) is 0 Å². The summed E-state index contributed by atoms with van der Waals surface area (Å²) in [5.74, 6) is -1.25. The highest BCUT2D eigenvalue weighted by molar-refractivity contribution is 5.93. The van der Waals surface area contributed by atoms with Crippen molar-refractivity contribution in [3.05, 3.63) is 29.3 Å². The number of alkyl carbamates (subject to hydrolysis) is 1. The Bertz CT molecular complexity index is 888. The number of para-hydroxylation sites is 1. The third kappa shape index (κ3) is 8.72. The van der Waals surface area contributed by atoms with Crippen molar-refractivity contribution in [2.24, 2.45) is 0 Å². The number of hydrogen-bond donors (Lipinski definition) is 4. The van der Waals surface area contributed by atoms with Gasteiger partial charge in [0.05, 0.1) is 6.61 Å². The van der Waals surface area contributed by atoms with E-state index in [1.807, 2.05) is 13.8 Å². The Hall–Kier alpha value is -2.81. The lowest BCUT2D eigenvalue weighted by molar-refractivity contribution is -0.149. The standard InChI is InChI=1S/C26H43N3O6/c1-10-12-17(3)27-22(32)20(18-14-11-13-16(2)21(18)31)29(25(4,5)6)23(33)19(15-30)28-24(34)35-26(7,8)9/h11,13-14,17,19-20,30-31H,10,12,15H2,1-9H3,(H,27,32)(H,28,34). The van der Waals surface area contributed by atoms with E-state index in [9.17, 15) is 24.6 Å². The van der Waals surface area contributed by atoms with Gasteiger partial charge in [-0.05, 0) is 67.4 Å². The van der Waals surface area contributed by atoms with Crippen molar-refractivity contribution in [3.8, 4) is 5.75 Å². The molecule has 1 aromatic rings. The number of nitrogens with zero attached hydrogens (tertiary/aromatic N) is 1. The van der Waals surface area contributed by atoms with Crippen molar-refractivity contribution in [2.75, 3.05) is 6.61 Å². The van der Waals surface area contributed by atoms with Gasteiger partial charge in [0.25, 0.3) is 0 Å². The molecule has 0 aliphatic heterocycles. The highest BCUT2D eigenvalue weighted by atomic mass is 16.6. The van der Waals surface area contributed by atoms with Crippen LogP contribution in [-0.2, 0) is 14.3 Å². The topological polar surface area (TPSA) is 128 Å². The van der Waals surface area contributed by atoms with Gasteiger partial charge >= 0.3 is 6.09 Å². The molecule has 0 saturated carbocycles. The molecule has 1 rings (SSSR count). The van der Waals surface area contributed by atoms with Gasteiger partial charge in [-0.25, -0.2) is 4.79 Å². The van der Waals surface area contributed by atoms with Gasteiger partial charge in [-0.2, -0.15) is 0 Å². The van der Waals surface area contributed by atoms with Crippen LogP contribution in [-0.4, -0.2) is 62.9 Å². The highest BCUT2D eigenvalue weighted by Crippen LogP contribution is 2.36. The van der Waals surface area contributed by atoms with Gasteiger partial charge < -0.3 is 30.5 Å². The first-order chi connectivity index (χ1) is 16.0. The average molecular weight is 494 g/mol. The van der Waals surface area contributed by atoms with Gasteiger partial charge in [0.15, 0.2) is 0 Å². The normalized spacial score (nSPS) is 14.5. The number of phenolic OH excluding ortho intramolecular Hbond substituents is 1. The molecule has 3 atom stereocenters. The summed E-state index contributed by atoms with van der Waals surface area (Å²) in [6.07, 6.45) is 0.729. The minimum atomic E-state index is -1.36. The first kappa shape index (κ1) is 30.2. The van der Waals surface area contributed by atoms with E-state index in [0.29, 0.717) is 5.56 Å². The van der Waals surface area contributed by atoms with Crippen LogP contribution in [0.5, 0.6) is 5.75 Å². The molecule has 0 aliphatic carbocycles. The number of phenols is 1. The molecule has 4 N–H and O–H groups in total. The molecular weight excluding hydrogens is 450 g/mol.